The third kappa shape index (κ3) is 3.91. The van der Waals surface area contributed by atoms with E-state index >= 15 is 0 Å². The van der Waals surface area contributed by atoms with E-state index in [4.69, 9.17) is 0 Å². The number of carbonyl (C=O) groups excluding carboxylic acids is 3. The first-order valence-corrected chi connectivity index (χ1v) is 9.22. The predicted octanol–water partition coefficient (Wildman–Crippen LogP) is 2.51. The Kier molecular flexibility index (Phi) is 5.51. The number of Topliss-reactive ketones (excluding diaryl/α,β-unsaturated/α-hetero) is 1. The summed E-state index contributed by atoms with van der Waals surface area (Å²) in [6.07, 6.45) is 4.92. The van der Waals surface area contributed by atoms with Crippen LogP contribution in [0.2, 0.25) is 0 Å². The van der Waals surface area contributed by atoms with Crippen LogP contribution in [0.15, 0.2) is 24.3 Å². The second-order valence-electron chi connectivity index (χ2n) is 7.13. The first-order chi connectivity index (χ1) is 12.1. The molecule has 0 heterocycles. The van der Waals surface area contributed by atoms with Gasteiger partial charge < -0.3 is 10.2 Å². The van der Waals surface area contributed by atoms with Gasteiger partial charge in [0.05, 0.1) is 5.92 Å². The average molecular weight is 342 g/mol. The summed E-state index contributed by atoms with van der Waals surface area (Å²) in [5.41, 5.74) is 1.54. The summed E-state index contributed by atoms with van der Waals surface area (Å²) in [6, 6.07) is 7.43. The Morgan fingerprint density at radius 1 is 1.20 bits per heavy atom. The van der Waals surface area contributed by atoms with Gasteiger partial charge in [0.15, 0.2) is 5.78 Å². The van der Waals surface area contributed by atoms with Gasteiger partial charge in [-0.1, -0.05) is 30.7 Å². The van der Waals surface area contributed by atoms with Crippen molar-refractivity contribution in [3.05, 3.63) is 35.4 Å². The number of rotatable bonds is 6. The van der Waals surface area contributed by atoms with Gasteiger partial charge in [-0.25, -0.2) is 0 Å². The molecular weight excluding hydrogens is 316 g/mol. The van der Waals surface area contributed by atoms with Crippen LogP contribution in [0.4, 0.5) is 0 Å². The van der Waals surface area contributed by atoms with E-state index in [2.05, 4.69) is 5.32 Å². The Balaban J connectivity index is 1.50. The van der Waals surface area contributed by atoms with Crippen LogP contribution in [0.5, 0.6) is 0 Å². The van der Waals surface area contributed by atoms with E-state index < -0.39 is 0 Å². The zero-order valence-electron chi connectivity index (χ0n) is 14.8. The lowest BCUT2D eigenvalue weighted by molar-refractivity contribution is -0.131. The third-order valence-electron chi connectivity index (χ3n) is 5.42. The highest BCUT2D eigenvalue weighted by Crippen LogP contribution is 2.32. The molecule has 2 aliphatic rings. The van der Waals surface area contributed by atoms with Crippen LogP contribution in [0, 0.1) is 5.92 Å². The molecule has 2 aliphatic carbocycles. The summed E-state index contributed by atoms with van der Waals surface area (Å²) >= 11 is 0. The molecule has 2 amide bonds. The van der Waals surface area contributed by atoms with Crippen molar-refractivity contribution in [2.75, 3.05) is 20.1 Å². The van der Waals surface area contributed by atoms with E-state index in [0.717, 1.165) is 31.2 Å². The van der Waals surface area contributed by atoms with Gasteiger partial charge in [-0.3, -0.25) is 14.4 Å². The van der Waals surface area contributed by atoms with Gasteiger partial charge >= 0.3 is 0 Å². The van der Waals surface area contributed by atoms with Gasteiger partial charge in [-0.15, -0.1) is 0 Å². The monoisotopic (exact) mass is 342 g/mol. The Hall–Kier alpha value is -2.17. The molecule has 1 aromatic rings. The minimum atomic E-state index is -0.233. The smallest absolute Gasteiger partial charge is 0.229 e. The molecule has 1 fully saturated rings. The number of benzene rings is 1. The van der Waals surface area contributed by atoms with Crippen molar-refractivity contribution in [2.24, 2.45) is 5.92 Å². The van der Waals surface area contributed by atoms with E-state index in [0.29, 0.717) is 31.5 Å². The highest BCUT2D eigenvalue weighted by atomic mass is 16.2. The van der Waals surface area contributed by atoms with Crippen LogP contribution in [-0.2, 0) is 9.59 Å². The molecule has 1 saturated carbocycles. The van der Waals surface area contributed by atoms with Crippen molar-refractivity contribution < 1.29 is 14.4 Å². The van der Waals surface area contributed by atoms with Gasteiger partial charge in [-0.2, -0.15) is 0 Å². The normalized spacial score (nSPS) is 19.7. The number of carbonyl (C=O) groups is 3. The summed E-state index contributed by atoms with van der Waals surface area (Å²) in [6.45, 7) is 1.21. The summed E-state index contributed by atoms with van der Waals surface area (Å²) in [5, 5.41) is 2.96. The average Bonchev–Trinajstić information content (AvgIpc) is 2.57. The predicted molar refractivity (Wildman–Crippen MR) is 95.4 cm³/mol. The minimum absolute atomic E-state index is 0.0604. The van der Waals surface area contributed by atoms with Crippen molar-refractivity contribution in [2.45, 2.75) is 44.4 Å². The molecular formula is C20H26N2O3. The van der Waals surface area contributed by atoms with Gasteiger partial charge in [0.2, 0.25) is 11.8 Å². The van der Waals surface area contributed by atoms with Crippen LogP contribution in [-0.4, -0.2) is 42.6 Å². The fraction of sp³-hybridized carbons (Fsp3) is 0.550. The van der Waals surface area contributed by atoms with Crippen molar-refractivity contribution >= 4 is 17.6 Å². The topological polar surface area (TPSA) is 66.5 Å². The number of likely N-dealkylation sites (N-methyl/N-ethyl adjacent to an activating group) is 1. The molecule has 0 spiro atoms. The van der Waals surface area contributed by atoms with Crippen LogP contribution >= 0.6 is 0 Å². The molecule has 134 valence electrons. The molecule has 1 aromatic carbocycles. The molecule has 0 aliphatic heterocycles. The quantitative estimate of drug-likeness (QED) is 0.808. The molecule has 25 heavy (non-hydrogen) atoms. The maximum atomic E-state index is 12.8. The van der Waals surface area contributed by atoms with Crippen molar-refractivity contribution in [1.29, 1.82) is 0 Å². The van der Waals surface area contributed by atoms with Crippen molar-refractivity contribution in [1.82, 2.24) is 10.2 Å². The molecule has 1 atom stereocenters. The maximum absolute atomic E-state index is 12.8. The molecule has 1 N–H and O–H groups in total. The summed E-state index contributed by atoms with van der Waals surface area (Å²) in [7, 11) is 1.80. The standard InChI is InChI=1S/C20H26N2O3/c1-22(13-5-12-21-19(24)14-6-4-7-14)20(25)17-10-11-18(23)16-9-3-2-8-15(16)17/h2-3,8-9,14,17H,4-7,10-13H2,1H3,(H,21,24)/t17-/m0/s1. The number of hydrogen-bond acceptors (Lipinski definition) is 3. The molecule has 5 nitrogen and oxygen atoms in total. The Labute approximate surface area is 148 Å². The minimum Gasteiger partial charge on any atom is -0.356 e. The van der Waals surface area contributed by atoms with Crippen molar-refractivity contribution in [3.8, 4) is 0 Å². The Morgan fingerprint density at radius 2 is 1.96 bits per heavy atom. The van der Waals surface area contributed by atoms with E-state index in [1.165, 1.54) is 0 Å². The SMILES string of the molecule is CN(CCCNC(=O)C1CCC1)C(=O)[C@H]1CCC(=O)c2ccccc21. The summed E-state index contributed by atoms with van der Waals surface area (Å²) in [5.74, 6) is 0.310. The first-order valence-electron chi connectivity index (χ1n) is 9.22. The molecule has 0 saturated heterocycles. The molecule has 0 bridgehead atoms. The number of nitrogens with one attached hydrogen (secondary N) is 1. The largest absolute Gasteiger partial charge is 0.356 e. The lowest BCUT2D eigenvalue weighted by Crippen LogP contribution is -2.38. The number of amides is 2. The van der Waals surface area contributed by atoms with Gasteiger partial charge in [0.25, 0.3) is 0 Å². The van der Waals surface area contributed by atoms with Crippen LogP contribution in [0.1, 0.15) is 60.4 Å². The lowest BCUT2D eigenvalue weighted by Gasteiger charge is -2.28. The zero-order chi connectivity index (χ0) is 17.8. The Morgan fingerprint density at radius 3 is 2.68 bits per heavy atom. The van der Waals surface area contributed by atoms with E-state index in [1.807, 2.05) is 24.3 Å². The number of fused-ring (bicyclic) bond motifs is 1. The molecule has 0 aromatic heterocycles. The third-order valence-corrected chi connectivity index (χ3v) is 5.42. The van der Waals surface area contributed by atoms with Gasteiger partial charge in [0.1, 0.15) is 0 Å². The number of ketones is 1. The van der Waals surface area contributed by atoms with E-state index in [9.17, 15) is 14.4 Å². The first kappa shape index (κ1) is 17.6. The van der Waals surface area contributed by atoms with Crippen molar-refractivity contribution in [3.63, 3.8) is 0 Å². The zero-order valence-corrected chi connectivity index (χ0v) is 14.8. The highest BCUT2D eigenvalue weighted by Gasteiger charge is 2.31. The lowest BCUT2D eigenvalue weighted by atomic mass is 9.81. The van der Waals surface area contributed by atoms with Gasteiger partial charge in [0, 0.05) is 38.0 Å². The number of hydrogen-bond donors (Lipinski definition) is 1. The number of nitrogens with zero attached hydrogens (tertiary/aromatic N) is 1. The summed E-state index contributed by atoms with van der Waals surface area (Å²) < 4.78 is 0. The van der Waals surface area contributed by atoms with E-state index in [-0.39, 0.29) is 29.4 Å². The highest BCUT2D eigenvalue weighted by molar-refractivity contribution is 6.01. The summed E-state index contributed by atoms with van der Waals surface area (Å²) in [4.78, 5) is 38.3. The van der Waals surface area contributed by atoms with Crippen LogP contribution < -0.4 is 5.32 Å². The van der Waals surface area contributed by atoms with Crippen LogP contribution in [0.25, 0.3) is 0 Å². The van der Waals surface area contributed by atoms with Crippen LogP contribution in [0.3, 0.4) is 0 Å². The second kappa shape index (κ2) is 7.81. The van der Waals surface area contributed by atoms with E-state index in [1.54, 1.807) is 11.9 Å². The fourth-order valence-corrected chi connectivity index (χ4v) is 3.60. The molecule has 5 heteroatoms. The fourth-order valence-electron chi connectivity index (χ4n) is 3.60. The second-order valence-corrected chi connectivity index (χ2v) is 7.13. The molecule has 0 radical (unpaired) electrons. The molecule has 0 unspecified atom stereocenters. The Bertz CT molecular complexity index is 667. The molecule has 3 rings (SSSR count). The maximum Gasteiger partial charge on any atom is 0.229 e. The van der Waals surface area contributed by atoms with Gasteiger partial charge in [-0.05, 0) is 31.2 Å².